The van der Waals surface area contributed by atoms with E-state index in [9.17, 15) is 8.78 Å². The van der Waals surface area contributed by atoms with E-state index in [1.54, 1.807) is 0 Å². The van der Waals surface area contributed by atoms with E-state index < -0.39 is 12.5 Å². The van der Waals surface area contributed by atoms with Gasteiger partial charge in [0.25, 0.3) is 6.43 Å². The van der Waals surface area contributed by atoms with E-state index in [1.165, 1.54) is 0 Å². The second-order valence-electron chi connectivity index (χ2n) is 3.18. The molecule has 0 bridgehead atoms. The Hall–Kier alpha value is -0.180. The van der Waals surface area contributed by atoms with Gasteiger partial charge in [-0.05, 0) is 18.9 Å². The van der Waals surface area contributed by atoms with Crippen molar-refractivity contribution in [2.24, 2.45) is 5.92 Å². The maximum atomic E-state index is 12.2. The van der Waals surface area contributed by atoms with Crippen molar-refractivity contribution in [3.8, 4) is 0 Å². The van der Waals surface area contributed by atoms with Crippen LogP contribution in [0.4, 0.5) is 8.78 Å². The highest BCUT2D eigenvalue weighted by atomic mass is 19.3. The maximum absolute atomic E-state index is 12.2. The van der Waals surface area contributed by atoms with Crippen molar-refractivity contribution in [3.63, 3.8) is 0 Å². The van der Waals surface area contributed by atoms with Gasteiger partial charge in [-0.2, -0.15) is 0 Å². The summed E-state index contributed by atoms with van der Waals surface area (Å²) in [4.78, 5) is 0. The normalized spacial score (nSPS) is 20.7. The van der Waals surface area contributed by atoms with Gasteiger partial charge < -0.3 is 5.32 Å². The molecule has 1 aliphatic rings. The summed E-state index contributed by atoms with van der Waals surface area (Å²) in [6.07, 6.45) is 0.755. The average Bonchev–Trinajstić information content (AvgIpc) is 2.70. The van der Waals surface area contributed by atoms with Crippen LogP contribution in [-0.2, 0) is 0 Å². The molecule has 66 valence electrons. The average molecular weight is 163 g/mol. The number of nitrogens with one attached hydrogen (secondary N) is 1. The summed E-state index contributed by atoms with van der Waals surface area (Å²) in [7, 11) is 0. The molecular weight excluding hydrogens is 148 g/mol. The molecule has 0 amide bonds. The van der Waals surface area contributed by atoms with Crippen molar-refractivity contribution in [1.82, 2.24) is 5.32 Å². The molecule has 0 aromatic carbocycles. The van der Waals surface area contributed by atoms with Gasteiger partial charge in [0.05, 0.1) is 6.04 Å². The highest BCUT2D eigenvalue weighted by molar-refractivity contribution is 4.81. The lowest BCUT2D eigenvalue weighted by Gasteiger charge is -2.15. The summed E-state index contributed by atoms with van der Waals surface area (Å²) >= 11 is 0. The van der Waals surface area contributed by atoms with Crippen LogP contribution in [0.25, 0.3) is 0 Å². The molecule has 0 radical (unpaired) electrons. The zero-order valence-electron chi connectivity index (χ0n) is 6.82. The van der Waals surface area contributed by atoms with Gasteiger partial charge in [0.15, 0.2) is 0 Å². The van der Waals surface area contributed by atoms with Crippen LogP contribution in [0.1, 0.15) is 26.2 Å². The lowest BCUT2D eigenvalue weighted by atomic mass is 10.1. The third-order valence-electron chi connectivity index (χ3n) is 2.05. The molecule has 1 atom stereocenters. The van der Waals surface area contributed by atoms with Crippen LogP contribution in [0.5, 0.6) is 0 Å². The quantitative estimate of drug-likeness (QED) is 0.654. The predicted octanol–water partition coefficient (Wildman–Crippen LogP) is 2.03. The summed E-state index contributed by atoms with van der Waals surface area (Å²) in [6.45, 7) is 2.50. The van der Waals surface area contributed by atoms with Crippen molar-refractivity contribution in [2.45, 2.75) is 38.7 Å². The summed E-state index contributed by atoms with van der Waals surface area (Å²) in [5.41, 5.74) is 0. The van der Waals surface area contributed by atoms with Crippen LogP contribution in [0.2, 0.25) is 0 Å². The van der Waals surface area contributed by atoms with Crippen LogP contribution in [0.3, 0.4) is 0 Å². The first-order chi connectivity index (χ1) is 5.24. The molecule has 1 rings (SSSR count). The van der Waals surface area contributed by atoms with Crippen LogP contribution in [0.15, 0.2) is 0 Å². The Bertz CT molecular complexity index is 113. The number of hydrogen-bond donors (Lipinski definition) is 1. The van der Waals surface area contributed by atoms with Gasteiger partial charge in [-0.3, -0.25) is 0 Å². The predicted molar refractivity (Wildman–Crippen MR) is 40.8 cm³/mol. The molecule has 0 saturated heterocycles. The summed E-state index contributed by atoms with van der Waals surface area (Å²) in [5, 5.41) is 2.80. The Labute approximate surface area is 66.2 Å². The molecule has 1 fully saturated rings. The van der Waals surface area contributed by atoms with Gasteiger partial charge >= 0.3 is 0 Å². The van der Waals surface area contributed by atoms with Crippen LogP contribution < -0.4 is 5.32 Å². The van der Waals surface area contributed by atoms with Crippen LogP contribution in [-0.4, -0.2) is 19.0 Å². The fourth-order valence-corrected chi connectivity index (χ4v) is 1.25. The molecule has 11 heavy (non-hydrogen) atoms. The third kappa shape index (κ3) is 3.14. The molecule has 0 aromatic rings. The second-order valence-corrected chi connectivity index (χ2v) is 3.18. The van der Waals surface area contributed by atoms with Crippen molar-refractivity contribution >= 4 is 0 Å². The van der Waals surface area contributed by atoms with Crippen molar-refractivity contribution < 1.29 is 8.78 Å². The fraction of sp³-hybridized carbons (Fsp3) is 1.00. The van der Waals surface area contributed by atoms with Gasteiger partial charge in [-0.1, -0.05) is 19.8 Å². The Kier molecular flexibility index (Phi) is 3.24. The van der Waals surface area contributed by atoms with Crippen LogP contribution >= 0.6 is 0 Å². The van der Waals surface area contributed by atoms with Crippen molar-refractivity contribution in [2.75, 3.05) is 6.54 Å². The van der Waals surface area contributed by atoms with E-state index in [4.69, 9.17) is 0 Å². The first-order valence-electron chi connectivity index (χ1n) is 4.25. The van der Waals surface area contributed by atoms with Gasteiger partial charge in [0, 0.05) is 0 Å². The summed E-state index contributed by atoms with van der Waals surface area (Å²) < 4.78 is 24.4. The molecule has 0 spiro atoms. The molecular formula is C8H15F2N. The smallest absolute Gasteiger partial charge is 0.253 e. The first kappa shape index (κ1) is 8.91. The monoisotopic (exact) mass is 163 g/mol. The largest absolute Gasteiger partial charge is 0.309 e. The second kappa shape index (κ2) is 4.00. The van der Waals surface area contributed by atoms with E-state index in [-0.39, 0.29) is 0 Å². The molecule has 0 aromatic heterocycles. The topological polar surface area (TPSA) is 12.0 Å². The number of alkyl halides is 2. The summed E-state index contributed by atoms with van der Waals surface area (Å²) in [6, 6.07) is -0.563. The van der Waals surface area contributed by atoms with Crippen molar-refractivity contribution in [1.29, 1.82) is 0 Å². The minimum Gasteiger partial charge on any atom is -0.309 e. The molecule has 0 heterocycles. The molecule has 1 saturated carbocycles. The number of halogens is 2. The standard InChI is InChI=1S/C8H15F2N/c1-2-11-7(8(9)10)5-6-3-4-6/h6-8,11H,2-5H2,1H3. The van der Waals surface area contributed by atoms with Gasteiger partial charge in [0.1, 0.15) is 0 Å². The van der Waals surface area contributed by atoms with Crippen molar-refractivity contribution in [3.05, 3.63) is 0 Å². The molecule has 1 N–H and O–H groups in total. The van der Waals surface area contributed by atoms with E-state index in [0.29, 0.717) is 18.9 Å². The van der Waals surface area contributed by atoms with E-state index in [1.807, 2.05) is 6.92 Å². The maximum Gasteiger partial charge on any atom is 0.253 e. The SMILES string of the molecule is CCNC(CC1CC1)C(F)F. The van der Waals surface area contributed by atoms with E-state index in [2.05, 4.69) is 5.32 Å². The van der Waals surface area contributed by atoms with Gasteiger partial charge in [-0.15, -0.1) is 0 Å². The summed E-state index contributed by atoms with van der Waals surface area (Å²) in [5.74, 6) is 0.577. The highest BCUT2D eigenvalue weighted by Gasteiger charge is 2.29. The first-order valence-corrected chi connectivity index (χ1v) is 4.25. The Balaban J connectivity index is 2.19. The molecule has 3 heteroatoms. The number of rotatable bonds is 5. The molecule has 1 aliphatic carbocycles. The van der Waals surface area contributed by atoms with E-state index in [0.717, 1.165) is 12.8 Å². The minimum atomic E-state index is -2.20. The zero-order chi connectivity index (χ0) is 8.27. The van der Waals surface area contributed by atoms with Gasteiger partial charge in [0.2, 0.25) is 0 Å². The number of hydrogen-bond acceptors (Lipinski definition) is 1. The fourth-order valence-electron chi connectivity index (χ4n) is 1.25. The lowest BCUT2D eigenvalue weighted by molar-refractivity contribution is 0.0922. The Morgan fingerprint density at radius 2 is 2.09 bits per heavy atom. The Morgan fingerprint density at radius 3 is 2.45 bits per heavy atom. The molecule has 1 unspecified atom stereocenters. The van der Waals surface area contributed by atoms with Gasteiger partial charge in [-0.25, -0.2) is 8.78 Å². The third-order valence-corrected chi connectivity index (χ3v) is 2.05. The molecule has 0 aliphatic heterocycles. The molecule has 1 nitrogen and oxygen atoms in total. The zero-order valence-corrected chi connectivity index (χ0v) is 6.82. The van der Waals surface area contributed by atoms with Crippen LogP contribution in [0, 0.1) is 5.92 Å². The lowest BCUT2D eigenvalue weighted by Crippen LogP contribution is -2.35. The highest BCUT2D eigenvalue weighted by Crippen LogP contribution is 2.34. The minimum absolute atomic E-state index is 0.563. The Morgan fingerprint density at radius 1 is 1.45 bits per heavy atom. The van der Waals surface area contributed by atoms with E-state index >= 15 is 0 Å².